The van der Waals surface area contributed by atoms with Crippen molar-refractivity contribution in [3.8, 4) is 11.5 Å². The molecule has 0 aliphatic heterocycles. The maximum Gasteiger partial charge on any atom is 0.126 e. The van der Waals surface area contributed by atoms with Gasteiger partial charge in [0, 0.05) is 0 Å². The number of hydrogen-bond acceptors (Lipinski definition) is 4. The Hall–Kier alpha value is -2.72. The van der Waals surface area contributed by atoms with Crippen LogP contribution in [0.1, 0.15) is 5.56 Å². The first-order valence-corrected chi connectivity index (χ1v) is 7.18. The first kappa shape index (κ1) is 18.3. The molecule has 0 unspecified atom stereocenters. The number of aliphatic hydroxyl groups excluding tert-OH is 1. The van der Waals surface area contributed by atoms with Gasteiger partial charge in [-0.1, -0.05) is 43.5 Å². The minimum absolute atomic E-state index is 0.0554. The quantitative estimate of drug-likeness (QED) is 0.592. The molecule has 2 aromatic rings. The molecule has 0 radical (unpaired) electrons. The third-order valence-electron chi connectivity index (χ3n) is 2.66. The fraction of sp³-hybridized carbons (Fsp3) is 0.158. The van der Waals surface area contributed by atoms with Gasteiger partial charge in [0.15, 0.2) is 0 Å². The minimum atomic E-state index is 0.0554. The van der Waals surface area contributed by atoms with E-state index in [1.54, 1.807) is 0 Å². The fourth-order valence-electron chi connectivity index (χ4n) is 1.58. The molecule has 0 saturated carbocycles. The Kier molecular flexibility index (Phi) is 9.47. The molecule has 122 valence electrons. The van der Waals surface area contributed by atoms with Crippen LogP contribution in [0.5, 0.6) is 11.5 Å². The van der Waals surface area contributed by atoms with Crippen LogP contribution in [0.25, 0.3) is 0 Å². The highest BCUT2D eigenvalue weighted by atomic mass is 16.5. The van der Waals surface area contributed by atoms with Gasteiger partial charge in [0.05, 0.1) is 19.1 Å². The first-order valence-electron chi connectivity index (χ1n) is 7.18. The summed E-state index contributed by atoms with van der Waals surface area (Å²) < 4.78 is 15.2. The number of rotatable bonds is 8. The molecular formula is C19H22O4. The Morgan fingerprint density at radius 2 is 1.52 bits per heavy atom. The van der Waals surface area contributed by atoms with Crippen LogP contribution in [-0.2, 0) is 11.3 Å². The van der Waals surface area contributed by atoms with Crippen molar-refractivity contribution in [1.82, 2.24) is 0 Å². The average Bonchev–Trinajstić information content (AvgIpc) is 2.61. The summed E-state index contributed by atoms with van der Waals surface area (Å²) in [4.78, 5) is 0. The molecule has 0 heterocycles. The molecular weight excluding hydrogens is 292 g/mol. The van der Waals surface area contributed by atoms with Crippen LogP contribution < -0.4 is 9.47 Å². The Labute approximate surface area is 137 Å². The molecule has 2 aromatic carbocycles. The lowest BCUT2D eigenvalue weighted by Gasteiger charge is -2.05. The van der Waals surface area contributed by atoms with Crippen molar-refractivity contribution in [3.05, 3.63) is 85.8 Å². The Balaban J connectivity index is 0.000000253. The lowest BCUT2D eigenvalue weighted by Crippen LogP contribution is -2.03. The van der Waals surface area contributed by atoms with Gasteiger partial charge in [-0.15, -0.1) is 0 Å². The summed E-state index contributed by atoms with van der Waals surface area (Å²) in [5.74, 6) is 1.60. The van der Waals surface area contributed by atoms with Crippen molar-refractivity contribution in [2.45, 2.75) is 6.61 Å². The van der Waals surface area contributed by atoms with E-state index in [0.717, 1.165) is 17.1 Å². The summed E-state index contributed by atoms with van der Waals surface area (Å²) in [5, 5.41) is 8.80. The van der Waals surface area contributed by atoms with Gasteiger partial charge in [-0.2, -0.15) is 0 Å². The molecule has 0 aliphatic rings. The zero-order valence-electron chi connectivity index (χ0n) is 13.1. The summed E-state index contributed by atoms with van der Waals surface area (Å²) in [6.45, 7) is 7.89. The maximum atomic E-state index is 8.80. The van der Waals surface area contributed by atoms with Crippen LogP contribution in [0, 0.1) is 0 Å². The van der Waals surface area contributed by atoms with Crippen LogP contribution in [0.3, 0.4) is 0 Å². The van der Waals surface area contributed by atoms with Crippen LogP contribution in [0.15, 0.2) is 80.3 Å². The van der Waals surface area contributed by atoms with Gasteiger partial charge in [0.1, 0.15) is 24.7 Å². The van der Waals surface area contributed by atoms with Crippen molar-refractivity contribution >= 4 is 0 Å². The second-order valence-electron chi connectivity index (χ2n) is 4.29. The van der Waals surface area contributed by atoms with E-state index in [0.29, 0.717) is 13.2 Å². The van der Waals surface area contributed by atoms with E-state index in [1.807, 2.05) is 54.6 Å². The highest BCUT2D eigenvalue weighted by Crippen LogP contribution is 2.11. The Bertz CT molecular complexity index is 549. The van der Waals surface area contributed by atoms with E-state index in [9.17, 15) is 0 Å². The van der Waals surface area contributed by atoms with Crippen molar-refractivity contribution in [2.24, 2.45) is 0 Å². The zero-order chi connectivity index (χ0) is 16.8. The van der Waals surface area contributed by atoms with Gasteiger partial charge in [0.25, 0.3) is 0 Å². The second kappa shape index (κ2) is 11.9. The van der Waals surface area contributed by atoms with Gasteiger partial charge >= 0.3 is 0 Å². The molecule has 2 rings (SSSR count). The van der Waals surface area contributed by atoms with E-state index in [2.05, 4.69) is 13.2 Å². The van der Waals surface area contributed by atoms with E-state index < -0.39 is 0 Å². The molecule has 0 saturated heterocycles. The molecule has 0 aromatic heterocycles. The predicted octanol–water partition coefficient (Wildman–Crippen LogP) is 3.93. The van der Waals surface area contributed by atoms with Crippen LogP contribution in [0.4, 0.5) is 0 Å². The lowest BCUT2D eigenvalue weighted by atomic mass is 10.2. The third kappa shape index (κ3) is 8.34. The van der Waals surface area contributed by atoms with Crippen molar-refractivity contribution in [1.29, 1.82) is 0 Å². The number of para-hydroxylation sites is 1. The van der Waals surface area contributed by atoms with Gasteiger partial charge in [0.2, 0.25) is 0 Å². The first-order chi connectivity index (χ1) is 11.3. The van der Waals surface area contributed by atoms with E-state index in [-0.39, 0.29) is 6.61 Å². The predicted molar refractivity (Wildman–Crippen MR) is 91.3 cm³/mol. The molecule has 0 atom stereocenters. The smallest absolute Gasteiger partial charge is 0.126 e. The van der Waals surface area contributed by atoms with Crippen LogP contribution in [0.2, 0.25) is 0 Å². The largest absolute Gasteiger partial charge is 0.498 e. The van der Waals surface area contributed by atoms with E-state index >= 15 is 0 Å². The molecule has 1 N–H and O–H groups in total. The molecule has 0 bridgehead atoms. The summed E-state index contributed by atoms with van der Waals surface area (Å²) in [7, 11) is 0. The SMILES string of the molecule is C=COCCOc1ccc(CO)cc1.C=COc1ccccc1. The van der Waals surface area contributed by atoms with Crippen molar-refractivity contribution < 1.29 is 19.3 Å². The zero-order valence-corrected chi connectivity index (χ0v) is 13.1. The number of benzene rings is 2. The number of ether oxygens (including phenoxy) is 3. The van der Waals surface area contributed by atoms with Gasteiger partial charge in [-0.3, -0.25) is 0 Å². The van der Waals surface area contributed by atoms with Gasteiger partial charge in [-0.05, 0) is 29.8 Å². The van der Waals surface area contributed by atoms with Crippen LogP contribution >= 0.6 is 0 Å². The normalized spacial score (nSPS) is 9.09. The summed E-state index contributed by atoms with van der Waals surface area (Å²) in [6.07, 6.45) is 2.80. The minimum Gasteiger partial charge on any atom is -0.498 e. The second-order valence-corrected chi connectivity index (χ2v) is 4.29. The van der Waals surface area contributed by atoms with Crippen molar-refractivity contribution in [3.63, 3.8) is 0 Å². The van der Waals surface area contributed by atoms with E-state index in [1.165, 1.54) is 12.5 Å². The highest BCUT2D eigenvalue weighted by Gasteiger charge is 1.93. The lowest BCUT2D eigenvalue weighted by molar-refractivity contribution is 0.179. The Morgan fingerprint density at radius 1 is 0.826 bits per heavy atom. The maximum absolute atomic E-state index is 8.80. The standard InChI is InChI=1S/C11H14O3.C8H8O/c1-2-13-7-8-14-11-5-3-10(9-12)4-6-11;1-2-9-8-6-4-3-5-7-8/h2-6,12H,1,7-9H2;2-7H,1H2. The number of aliphatic hydroxyl groups is 1. The summed E-state index contributed by atoms with van der Waals surface area (Å²) >= 11 is 0. The topological polar surface area (TPSA) is 47.9 Å². The molecule has 23 heavy (non-hydrogen) atoms. The molecule has 4 heteroatoms. The number of hydrogen-bond donors (Lipinski definition) is 1. The van der Waals surface area contributed by atoms with Gasteiger partial charge in [-0.25, -0.2) is 0 Å². The molecule has 0 aliphatic carbocycles. The fourth-order valence-corrected chi connectivity index (χ4v) is 1.58. The van der Waals surface area contributed by atoms with Gasteiger partial charge < -0.3 is 19.3 Å². The third-order valence-corrected chi connectivity index (χ3v) is 2.66. The summed E-state index contributed by atoms with van der Waals surface area (Å²) in [6, 6.07) is 16.8. The Morgan fingerprint density at radius 3 is 2.09 bits per heavy atom. The van der Waals surface area contributed by atoms with E-state index in [4.69, 9.17) is 19.3 Å². The molecule has 4 nitrogen and oxygen atoms in total. The average molecular weight is 314 g/mol. The monoisotopic (exact) mass is 314 g/mol. The van der Waals surface area contributed by atoms with Crippen molar-refractivity contribution in [2.75, 3.05) is 13.2 Å². The highest BCUT2D eigenvalue weighted by molar-refractivity contribution is 5.26. The molecule has 0 spiro atoms. The van der Waals surface area contributed by atoms with Crippen LogP contribution in [-0.4, -0.2) is 18.3 Å². The summed E-state index contributed by atoms with van der Waals surface area (Å²) in [5.41, 5.74) is 0.875. The molecule has 0 fully saturated rings. The molecule has 0 amide bonds.